The molecule has 1 heterocycles. The third kappa shape index (κ3) is 4.67. The minimum atomic E-state index is -0.789. The highest BCUT2D eigenvalue weighted by Gasteiger charge is 2.04. The highest BCUT2D eigenvalue weighted by Crippen LogP contribution is 2.17. The van der Waals surface area contributed by atoms with Crippen molar-refractivity contribution < 1.29 is 9.90 Å². The third-order valence-electron chi connectivity index (χ3n) is 2.58. The number of carboxylic acids is 1. The Morgan fingerprint density at radius 1 is 1.11 bits per heavy atom. The van der Waals surface area contributed by atoms with E-state index in [4.69, 9.17) is 16.7 Å². The second-order valence-electron chi connectivity index (χ2n) is 4.17. The monoisotopic (exact) mass is 295 g/mol. The van der Waals surface area contributed by atoms with Gasteiger partial charge in [0.2, 0.25) is 0 Å². The Balaban J connectivity index is 1.80. The van der Waals surface area contributed by atoms with Crippen LogP contribution in [0.5, 0.6) is 0 Å². The summed E-state index contributed by atoms with van der Waals surface area (Å²) in [6.07, 6.45) is 0.0991. The summed E-state index contributed by atoms with van der Waals surface area (Å²) in [4.78, 5) is 12.6. The van der Waals surface area contributed by atoms with Crippen LogP contribution in [-0.4, -0.2) is 11.1 Å². The average Bonchev–Trinajstić information content (AvgIpc) is 2.78. The summed E-state index contributed by atoms with van der Waals surface area (Å²) in [6, 6.07) is 11.6. The van der Waals surface area contributed by atoms with Crippen molar-refractivity contribution >= 4 is 28.9 Å². The second-order valence-corrected chi connectivity index (χ2v) is 5.86. The molecule has 5 heteroatoms. The van der Waals surface area contributed by atoms with E-state index in [1.54, 1.807) is 0 Å². The van der Waals surface area contributed by atoms with E-state index in [1.807, 2.05) is 36.4 Å². The lowest BCUT2D eigenvalue weighted by Gasteiger charge is -2.03. The van der Waals surface area contributed by atoms with Gasteiger partial charge in [0.15, 0.2) is 0 Å². The number of nitrogens with one attached hydrogen (secondary N) is 1. The molecule has 0 bridgehead atoms. The van der Waals surface area contributed by atoms with Gasteiger partial charge < -0.3 is 10.4 Å². The van der Waals surface area contributed by atoms with Crippen LogP contribution >= 0.6 is 22.9 Å². The van der Waals surface area contributed by atoms with E-state index >= 15 is 0 Å². The van der Waals surface area contributed by atoms with E-state index in [0.29, 0.717) is 0 Å². The van der Waals surface area contributed by atoms with E-state index in [1.165, 1.54) is 16.9 Å². The molecule has 0 spiro atoms. The first-order chi connectivity index (χ1) is 9.13. The maximum Gasteiger partial charge on any atom is 0.308 e. The number of aliphatic carboxylic acids is 1. The maximum atomic E-state index is 10.6. The molecule has 0 radical (unpaired) electrons. The van der Waals surface area contributed by atoms with Crippen LogP contribution in [-0.2, 0) is 24.3 Å². The Morgan fingerprint density at radius 2 is 1.79 bits per heavy atom. The van der Waals surface area contributed by atoms with Crippen molar-refractivity contribution in [2.24, 2.45) is 0 Å². The number of carbonyl (C=O) groups is 1. The maximum absolute atomic E-state index is 10.6. The van der Waals surface area contributed by atoms with Crippen molar-refractivity contribution in [2.75, 3.05) is 0 Å². The van der Waals surface area contributed by atoms with Gasteiger partial charge in [-0.15, -0.1) is 11.3 Å². The van der Waals surface area contributed by atoms with Gasteiger partial charge in [-0.3, -0.25) is 4.79 Å². The van der Waals surface area contributed by atoms with Gasteiger partial charge in [0.25, 0.3) is 0 Å². The van der Waals surface area contributed by atoms with Gasteiger partial charge in [0.05, 0.1) is 6.42 Å². The normalized spacial score (nSPS) is 10.6. The number of hydrogen-bond acceptors (Lipinski definition) is 3. The third-order valence-corrected chi connectivity index (χ3v) is 3.92. The fourth-order valence-corrected chi connectivity index (χ4v) is 2.80. The summed E-state index contributed by atoms with van der Waals surface area (Å²) >= 11 is 7.35. The molecule has 100 valence electrons. The predicted octanol–water partition coefficient (Wildman–Crippen LogP) is 3.32. The van der Waals surface area contributed by atoms with E-state index in [0.717, 1.165) is 27.9 Å². The lowest BCUT2D eigenvalue weighted by atomic mass is 10.2. The number of benzene rings is 1. The average molecular weight is 296 g/mol. The number of halogens is 1. The van der Waals surface area contributed by atoms with E-state index in [9.17, 15) is 4.79 Å². The number of thiophene rings is 1. The lowest BCUT2D eigenvalue weighted by Crippen LogP contribution is -2.11. The Morgan fingerprint density at radius 3 is 2.47 bits per heavy atom. The van der Waals surface area contributed by atoms with Crippen molar-refractivity contribution in [3.63, 3.8) is 0 Å². The number of rotatable bonds is 6. The van der Waals surface area contributed by atoms with Crippen molar-refractivity contribution in [3.8, 4) is 0 Å². The topological polar surface area (TPSA) is 49.3 Å². The van der Waals surface area contributed by atoms with Crippen LogP contribution in [0.4, 0.5) is 0 Å². The highest BCUT2D eigenvalue weighted by atomic mass is 35.5. The van der Waals surface area contributed by atoms with E-state index in [2.05, 4.69) is 5.32 Å². The summed E-state index contributed by atoms with van der Waals surface area (Å²) in [6.45, 7) is 1.51. The molecule has 2 rings (SSSR count). The van der Waals surface area contributed by atoms with Gasteiger partial charge in [-0.05, 0) is 29.8 Å². The standard InChI is InChI=1S/C14H14ClNO2S/c15-11-3-1-10(2-4-11)8-16-9-13-6-5-12(19-13)7-14(17)18/h1-6,16H,7-9H2,(H,17,18). The predicted molar refractivity (Wildman–Crippen MR) is 77.7 cm³/mol. The van der Waals surface area contributed by atoms with Crippen LogP contribution in [0.15, 0.2) is 36.4 Å². The van der Waals surface area contributed by atoms with Crippen molar-refractivity contribution in [1.82, 2.24) is 5.32 Å². The molecule has 1 aromatic heterocycles. The summed E-state index contributed by atoms with van der Waals surface area (Å²) in [7, 11) is 0. The summed E-state index contributed by atoms with van der Waals surface area (Å²) in [5.41, 5.74) is 1.17. The van der Waals surface area contributed by atoms with Gasteiger partial charge in [0.1, 0.15) is 0 Å². The molecule has 0 atom stereocenters. The van der Waals surface area contributed by atoms with Gasteiger partial charge in [-0.1, -0.05) is 23.7 Å². The molecule has 0 aliphatic rings. The molecular formula is C14H14ClNO2S. The van der Waals surface area contributed by atoms with Crippen molar-refractivity contribution in [1.29, 1.82) is 0 Å². The van der Waals surface area contributed by atoms with Crippen LogP contribution in [0.2, 0.25) is 5.02 Å². The molecule has 0 unspecified atom stereocenters. The molecule has 3 nitrogen and oxygen atoms in total. The molecule has 1 aromatic carbocycles. The van der Waals surface area contributed by atoms with E-state index in [-0.39, 0.29) is 6.42 Å². The van der Waals surface area contributed by atoms with Gasteiger partial charge in [-0.2, -0.15) is 0 Å². The molecule has 19 heavy (non-hydrogen) atoms. The first kappa shape index (κ1) is 14.1. The fourth-order valence-electron chi connectivity index (χ4n) is 1.69. The molecule has 0 saturated carbocycles. The Bertz CT molecular complexity index is 551. The zero-order valence-corrected chi connectivity index (χ0v) is 11.8. The summed E-state index contributed by atoms with van der Waals surface area (Å²) in [5, 5.41) is 12.8. The molecule has 0 aliphatic carbocycles. The Labute approximate surface area is 120 Å². The Hall–Kier alpha value is -1.36. The molecule has 0 aliphatic heterocycles. The van der Waals surface area contributed by atoms with E-state index < -0.39 is 5.97 Å². The second kappa shape index (κ2) is 6.70. The number of carboxylic acid groups (broad SMARTS) is 1. The fraction of sp³-hybridized carbons (Fsp3) is 0.214. The van der Waals surface area contributed by atoms with Gasteiger partial charge in [-0.25, -0.2) is 0 Å². The molecule has 2 aromatic rings. The molecule has 0 fully saturated rings. The number of hydrogen-bond donors (Lipinski definition) is 2. The molecule has 0 saturated heterocycles. The van der Waals surface area contributed by atoms with Crippen LogP contribution in [0.3, 0.4) is 0 Å². The molecular weight excluding hydrogens is 282 g/mol. The summed E-state index contributed by atoms with van der Waals surface area (Å²) in [5.74, 6) is -0.789. The largest absolute Gasteiger partial charge is 0.481 e. The van der Waals surface area contributed by atoms with Crippen LogP contribution in [0, 0.1) is 0 Å². The van der Waals surface area contributed by atoms with Crippen LogP contribution < -0.4 is 5.32 Å². The van der Waals surface area contributed by atoms with Gasteiger partial charge >= 0.3 is 5.97 Å². The smallest absolute Gasteiger partial charge is 0.308 e. The first-order valence-electron chi connectivity index (χ1n) is 5.88. The lowest BCUT2D eigenvalue weighted by molar-refractivity contribution is -0.136. The van der Waals surface area contributed by atoms with Crippen molar-refractivity contribution in [2.45, 2.75) is 19.5 Å². The minimum Gasteiger partial charge on any atom is -0.481 e. The van der Waals surface area contributed by atoms with Crippen LogP contribution in [0.1, 0.15) is 15.3 Å². The van der Waals surface area contributed by atoms with Crippen LogP contribution in [0.25, 0.3) is 0 Å². The SMILES string of the molecule is O=C(O)Cc1ccc(CNCc2ccc(Cl)cc2)s1. The minimum absolute atomic E-state index is 0.0991. The zero-order valence-electron chi connectivity index (χ0n) is 10.2. The van der Waals surface area contributed by atoms with Gasteiger partial charge in [0, 0.05) is 27.9 Å². The van der Waals surface area contributed by atoms with Crippen molar-refractivity contribution in [3.05, 3.63) is 56.7 Å². The highest BCUT2D eigenvalue weighted by molar-refractivity contribution is 7.12. The summed E-state index contributed by atoms with van der Waals surface area (Å²) < 4.78 is 0. The zero-order chi connectivity index (χ0) is 13.7. The Kier molecular flexibility index (Phi) is 4.96. The first-order valence-corrected chi connectivity index (χ1v) is 7.07. The quantitative estimate of drug-likeness (QED) is 0.859. The molecule has 0 amide bonds. The molecule has 2 N–H and O–H groups in total.